The smallest absolute Gasteiger partial charge is 0.274 e. The predicted molar refractivity (Wildman–Crippen MR) is 106 cm³/mol. The summed E-state index contributed by atoms with van der Waals surface area (Å²) in [5.41, 5.74) is 2.33. The van der Waals surface area contributed by atoms with Crippen molar-refractivity contribution in [1.82, 2.24) is 29.5 Å². The summed E-state index contributed by atoms with van der Waals surface area (Å²) in [6.45, 7) is 3.85. The molecule has 1 saturated heterocycles. The van der Waals surface area contributed by atoms with Crippen LogP contribution in [0.15, 0.2) is 55.1 Å². The number of amides is 1. The zero-order chi connectivity index (χ0) is 19.3. The molecule has 1 aromatic carbocycles. The summed E-state index contributed by atoms with van der Waals surface area (Å²) in [7, 11) is 2.06. The van der Waals surface area contributed by atoms with Crippen molar-refractivity contribution in [2.75, 3.05) is 38.5 Å². The molecule has 8 heteroatoms. The molecule has 0 atom stereocenters. The summed E-state index contributed by atoms with van der Waals surface area (Å²) in [5.74, 6) is 0.447. The third-order valence-electron chi connectivity index (χ3n) is 4.74. The first-order valence-corrected chi connectivity index (χ1v) is 9.31. The number of aromatic nitrogens is 4. The van der Waals surface area contributed by atoms with Crippen molar-refractivity contribution in [3.05, 3.63) is 66.4 Å². The van der Waals surface area contributed by atoms with Crippen LogP contribution in [-0.2, 0) is 6.54 Å². The standard InChI is InChI=1S/C20H23N7O/c1-25-7-9-26(10-8-25)20(28)18-12-21-13-19(24-18)23-17-11-22-27(15-17)14-16-5-3-2-4-6-16/h2-6,11-13,15H,7-10,14H2,1H3,(H,23,24). The minimum Gasteiger partial charge on any atom is -0.336 e. The Bertz CT molecular complexity index is 932. The highest BCUT2D eigenvalue weighted by Gasteiger charge is 2.21. The molecule has 0 spiro atoms. The van der Waals surface area contributed by atoms with Gasteiger partial charge >= 0.3 is 0 Å². The third-order valence-corrected chi connectivity index (χ3v) is 4.74. The minimum absolute atomic E-state index is 0.0796. The molecule has 0 aliphatic carbocycles. The Kier molecular flexibility index (Phi) is 5.29. The molecule has 0 unspecified atom stereocenters. The fourth-order valence-corrected chi connectivity index (χ4v) is 3.13. The molecule has 1 N–H and O–H groups in total. The van der Waals surface area contributed by atoms with Crippen LogP contribution in [0.2, 0.25) is 0 Å². The van der Waals surface area contributed by atoms with E-state index in [1.54, 1.807) is 12.4 Å². The molecule has 28 heavy (non-hydrogen) atoms. The van der Waals surface area contributed by atoms with Crippen LogP contribution in [0.1, 0.15) is 16.1 Å². The van der Waals surface area contributed by atoms with Crippen LogP contribution in [-0.4, -0.2) is 68.7 Å². The van der Waals surface area contributed by atoms with Crippen LogP contribution in [0.25, 0.3) is 0 Å². The van der Waals surface area contributed by atoms with Gasteiger partial charge in [-0.15, -0.1) is 0 Å². The zero-order valence-electron chi connectivity index (χ0n) is 15.8. The Morgan fingerprint density at radius 1 is 1.07 bits per heavy atom. The fourth-order valence-electron chi connectivity index (χ4n) is 3.13. The second kappa shape index (κ2) is 8.18. The van der Waals surface area contributed by atoms with E-state index in [1.165, 1.54) is 11.8 Å². The Morgan fingerprint density at radius 3 is 2.64 bits per heavy atom. The SMILES string of the molecule is CN1CCN(C(=O)c2cncc(Nc3cnn(Cc4ccccc4)c3)n2)CC1. The van der Waals surface area contributed by atoms with Gasteiger partial charge in [0.15, 0.2) is 0 Å². The van der Waals surface area contributed by atoms with Gasteiger partial charge < -0.3 is 15.1 Å². The predicted octanol–water partition coefficient (Wildman–Crippen LogP) is 1.85. The minimum atomic E-state index is -0.0796. The van der Waals surface area contributed by atoms with E-state index in [0.29, 0.717) is 31.1 Å². The van der Waals surface area contributed by atoms with Gasteiger partial charge in [-0.1, -0.05) is 30.3 Å². The maximum absolute atomic E-state index is 12.7. The highest BCUT2D eigenvalue weighted by atomic mass is 16.2. The Hall–Kier alpha value is -3.26. The second-order valence-corrected chi connectivity index (χ2v) is 6.92. The van der Waals surface area contributed by atoms with Crippen LogP contribution in [0.5, 0.6) is 0 Å². The van der Waals surface area contributed by atoms with Crippen molar-refractivity contribution >= 4 is 17.4 Å². The fraction of sp³-hybridized carbons (Fsp3) is 0.300. The lowest BCUT2D eigenvalue weighted by Crippen LogP contribution is -2.47. The van der Waals surface area contributed by atoms with E-state index in [0.717, 1.165) is 18.8 Å². The van der Waals surface area contributed by atoms with Crippen LogP contribution < -0.4 is 5.32 Å². The Labute approximate surface area is 163 Å². The molecule has 0 radical (unpaired) electrons. The quantitative estimate of drug-likeness (QED) is 0.731. The molecule has 1 amide bonds. The zero-order valence-corrected chi connectivity index (χ0v) is 15.8. The van der Waals surface area contributed by atoms with Gasteiger partial charge in [-0.25, -0.2) is 4.98 Å². The molecule has 3 heterocycles. The van der Waals surface area contributed by atoms with E-state index in [-0.39, 0.29) is 5.91 Å². The molecule has 4 rings (SSSR count). The van der Waals surface area contributed by atoms with Crippen molar-refractivity contribution in [3.8, 4) is 0 Å². The largest absolute Gasteiger partial charge is 0.336 e. The number of hydrogen-bond donors (Lipinski definition) is 1. The van der Waals surface area contributed by atoms with E-state index < -0.39 is 0 Å². The molecule has 8 nitrogen and oxygen atoms in total. The Morgan fingerprint density at radius 2 is 1.86 bits per heavy atom. The monoisotopic (exact) mass is 377 g/mol. The number of anilines is 2. The third kappa shape index (κ3) is 4.34. The molecule has 1 fully saturated rings. The van der Waals surface area contributed by atoms with Crippen LogP contribution in [0.3, 0.4) is 0 Å². The van der Waals surface area contributed by atoms with Crippen molar-refractivity contribution in [2.24, 2.45) is 0 Å². The average molecular weight is 377 g/mol. The topological polar surface area (TPSA) is 79.2 Å². The van der Waals surface area contributed by atoms with Crippen molar-refractivity contribution in [3.63, 3.8) is 0 Å². The van der Waals surface area contributed by atoms with Gasteiger partial charge in [-0.3, -0.25) is 14.5 Å². The van der Waals surface area contributed by atoms with E-state index in [4.69, 9.17) is 0 Å². The molecule has 2 aromatic heterocycles. The summed E-state index contributed by atoms with van der Waals surface area (Å²) in [4.78, 5) is 25.3. The molecular weight excluding hydrogens is 354 g/mol. The lowest BCUT2D eigenvalue weighted by molar-refractivity contribution is 0.0658. The number of rotatable bonds is 5. The highest BCUT2D eigenvalue weighted by Crippen LogP contribution is 2.15. The lowest BCUT2D eigenvalue weighted by atomic mass is 10.2. The number of likely N-dealkylation sites (N-methyl/N-ethyl adjacent to an activating group) is 1. The number of benzene rings is 1. The summed E-state index contributed by atoms with van der Waals surface area (Å²) in [6, 6.07) is 10.1. The van der Waals surface area contributed by atoms with Gasteiger partial charge in [0.1, 0.15) is 11.5 Å². The normalized spacial score (nSPS) is 14.8. The number of hydrogen-bond acceptors (Lipinski definition) is 6. The van der Waals surface area contributed by atoms with Gasteiger partial charge in [0.05, 0.1) is 30.8 Å². The van der Waals surface area contributed by atoms with Crippen LogP contribution in [0, 0.1) is 0 Å². The number of piperazine rings is 1. The van der Waals surface area contributed by atoms with Gasteiger partial charge in [0, 0.05) is 32.4 Å². The van der Waals surface area contributed by atoms with E-state index >= 15 is 0 Å². The molecule has 1 aliphatic heterocycles. The Balaban J connectivity index is 1.42. The van der Waals surface area contributed by atoms with Crippen molar-refractivity contribution in [1.29, 1.82) is 0 Å². The first-order valence-electron chi connectivity index (χ1n) is 9.31. The van der Waals surface area contributed by atoms with Gasteiger partial charge in [0.2, 0.25) is 0 Å². The highest BCUT2D eigenvalue weighted by molar-refractivity contribution is 5.92. The van der Waals surface area contributed by atoms with Gasteiger partial charge in [-0.05, 0) is 12.6 Å². The first kappa shape index (κ1) is 18.1. The summed E-state index contributed by atoms with van der Waals surface area (Å²) in [6.07, 6.45) is 6.77. The van der Waals surface area contributed by atoms with Crippen LogP contribution in [0.4, 0.5) is 11.5 Å². The van der Waals surface area contributed by atoms with E-state index in [9.17, 15) is 4.79 Å². The first-order chi connectivity index (χ1) is 13.7. The van der Waals surface area contributed by atoms with Crippen LogP contribution >= 0.6 is 0 Å². The number of nitrogens with one attached hydrogen (secondary N) is 1. The van der Waals surface area contributed by atoms with Crippen molar-refractivity contribution < 1.29 is 4.79 Å². The molecule has 0 saturated carbocycles. The maximum atomic E-state index is 12.7. The number of carbonyl (C=O) groups excluding carboxylic acids is 1. The molecule has 1 aliphatic rings. The maximum Gasteiger partial charge on any atom is 0.274 e. The summed E-state index contributed by atoms with van der Waals surface area (Å²) < 4.78 is 1.85. The molecule has 0 bridgehead atoms. The van der Waals surface area contributed by atoms with Crippen molar-refractivity contribution in [2.45, 2.75) is 6.54 Å². The molecule has 3 aromatic rings. The van der Waals surface area contributed by atoms with E-state index in [2.05, 4.69) is 44.5 Å². The summed E-state index contributed by atoms with van der Waals surface area (Å²) in [5, 5.41) is 7.55. The van der Waals surface area contributed by atoms with E-state index in [1.807, 2.05) is 34.0 Å². The van der Waals surface area contributed by atoms with Gasteiger partial charge in [0.25, 0.3) is 5.91 Å². The number of carbonyl (C=O) groups is 1. The summed E-state index contributed by atoms with van der Waals surface area (Å²) >= 11 is 0. The number of nitrogens with zero attached hydrogens (tertiary/aromatic N) is 6. The molecule has 144 valence electrons. The second-order valence-electron chi connectivity index (χ2n) is 6.92. The lowest BCUT2D eigenvalue weighted by Gasteiger charge is -2.32. The molecular formula is C20H23N7O. The average Bonchev–Trinajstić information content (AvgIpc) is 3.15. The van der Waals surface area contributed by atoms with Gasteiger partial charge in [-0.2, -0.15) is 5.10 Å².